The van der Waals surface area contributed by atoms with Crippen LogP contribution in [0, 0.1) is 6.92 Å². The van der Waals surface area contributed by atoms with Crippen LogP contribution in [0.5, 0.6) is 0 Å². The van der Waals surface area contributed by atoms with Crippen LogP contribution in [-0.2, 0) is 4.74 Å². The van der Waals surface area contributed by atoms with Crippen LogP contribution < -0.4 is 4.90 Å². The SMILES string of the molecule is Cc1nc2nc(-c3cnc([NH-])nc3)nc(N3CCOCC3)c2s1. The Balaban J connectivity index is 1.87. The van der Waals surface area contributed by atoms with Crippen molar-refractivity contribution in [3.8, 4) is 11.4 Å². The summed E-state index contributed by atoms with van der Waals surface area (Å²) in [6, 6.07) is 0. The third-order valence-electron chi connectivity index (χ3n) is 3.56. The first-order valence-electron chi connectivity index (χ1n) is 7.22. The van der Waals surface area contributed by atoms with Crippen molar-refractivity contribution in [1.29, 1.82) is 0 Å². The zero-order chi connectivity index (χ0) is 15.8. The van der Waals surface area contributed by atoms with Crippen molar-refractivity contribution in [2.75, 3.05) is 31.2 Å². The van der Waals surface area contributed by atoms with Crippen LogP contribution in [0.1, 0.15) is 5.01 Å². The summed E-state index contributed by atoms with van der Waals surface area (Å²) in [5.41, 5.74) is 8.77. The zero-order valence-corrected chi connectivity index (χ0v) is 13.3. The van der Waals surface area contributed by atoms with Crippen LogP contribution in [0.3, 0.4) is 0 Å². The van der Waals surface area contributed by atoms with Crippen molar-refractivity contribution in [2.24, 2.45) is 0 Å². The van der Waals surface area contributed by atoms with Crippen molar-refractivity contribution in [2.45, 2.75) is 6.92 Å². The van der Waals surface area contributed by atoms with Gasteiger partial charge in [0.05, 0.1) is 18.2 Å². The molecule has 0 aliphatic carbocycles. The zero-order valence-electron chi connectivity index (χ0n) is 12.5. The number of fused-ring (bicyclic) bond motifs is 1. The standard InChI is InChI=1S/C14H14N7OS/c1-8-18-12-10(23-8)13(21-2-4-22-5-3-21)20-11(19-12)9-6-16-14(15)17-7-9/h6-7H,2-5H2,1H3,(H-,15,16,17)/q-1. The molecule has 23 heavy (non-hydrogen) atoms. The molecule has 0 atom stereocenters. The highest BCUT2D eigenvalue weighted by atomic mass is 32.1. The van der Waals surface area contributed by atoms with E-state index >= 15 is 0 Å². The van der Waals surface area contributed by atoms with E-state index in [1.807, 2.05) is 6.92 Å². The lowest BCUT2D eigenvalue weighted by molar-refractivity contribution is 0.122. The van der Waals surface area contributed by atoms with Gasteiger partial charge in [-0.2, -0.15) is 0 Å². The fraction of sp³-hybridized carbons (Fsp3) is 0.357. The van der Waals surface area contributed by atoms with Gasteiger partial charge in [0.25, 0.3) is 0 Å². The van der Waals surface area contributed by atoms with Crippen molar-refractivity contribution in [1.82, 2.24) is 24.9 Å². The van der Waals surface area contributed by atoms with E-state index in [-0.39, 0.29) is 5.95 Å². The minimum atomic E-state index is -0.0206. The molecule has 3 aromatic rings. The number of aryl methyl sites for hydroxylation is 1. The van der Waals surface area contributed by atoms with Gasteiger partial charge in [-0.05, 0) is 19.3 Å². The first-order chi connectivity index (χ1) is 11.2. The highest BCUT2D eigenvalue weighted by Crippen LogP contribution is 2.32. The fourth-order valence-electron chi connectivity index (χ4n) is 2.48. The summed E-state index contributed by atoms with van der Waals surface area (Å²) in [5.74, 6) is 1.39. The Morgan fingerprint density at radius 2 is 1.87 bits per heavy atom. The monoisotopic (exact) mass is 328 g/mol. The normalized spacial score (nSPS) is 15.3. The average molecular weight is 328 g/mol. The van der Waals surface area contributed by atoms with E-state index in [1.54, 1.807) is 23.7 Å². The van der Waals surface area contributed by atoms with E-state index in [0.717, 1.165) is 28.6 Å². The predicted octanol–water partition coefficient (Wildman–Crippen LogP) is 2.37. The second-order valence-corrected chi connectivity index (χ2v) is 6.35. The molecule has 9 heteroatoms. The van der Waals surface area contributed by atoms with Crippen LogP contribution in [-0.4, -0.2) is 51.2 Å². The van der Waals surface area contributed by atoms with E-state index in [2.05, 4.69) is 24.8 Å². The first kappa shape index (κ1) is 14.2. The molecule has 0 aromatic carbocycles. The van der Waals surface area contributed by atoms with E-state index in [9.17, 15) is 0 Å². The number of thiazole rings is 1. The van der Waals surface area contributed by atoms with Crippen molar-refractivity contribution in [3.05, 3.63) is 23.1 Å². The summed E-state index contributed by atoms with van der Waals surface area (Å²) >= 11 is 1.60. The third kappa shape index (κ3) is 2.68. The lowest BCUT2D eigenvalue weighted by atomic mass is 10.3. The van der Waals surface area contributed by atoms with Crippen LogP contribution in [0.25, 0.3) is 27.5 Å². The molecule has 1 aliphatic rings. The molecule has 0 saturated carbocycles. The van der Waals surface area contributed by atoms with Crippen LogP contribution in [0.2, 0.25) is 0 Å². The van der Waals surface area contributed by atoms with Crippen LogP contribution >= 0.6 is 11.3 Å². The maximum absolute atomic E-state index is 7.40. The van der Waals surface area contributed by atoms with Gasteiger partial charge in [-0.1, -0.05) is 0 Å². The van der Waals surface area contributed by atoms with Gasteiger partial charge in [0.1, 0.15) is 4.70 Å². The van der Waals surface area contributed by atoms with Gasteiger partial charge in [-0.25, -0.2) is 15.0 Å². The molecule has 0 unspecified atom stereocenters. The number of rotatable bonds is 2. The van der Waals surface area contributed by atoms with E-state index in [4.69, 9.17) is 15.5 Å². The molecule has 4 heterocycles. The summed E-state index contributed by atoms with van der Waals surface area (Å²) in [7, 11) is 0. The highest BCUT2D eigenvalue weighted by Gasteiger charge is 2.20. The minimum absolute atomic E-state index is 0.0206. The number of ether oxygens (including phenoxy) is 1. The summed E-state index contributed by atoms with van der Waals surface area (Å²) in [5, 5.41) is 0.957. The van der Waals surface area contributed by atoms with E-state index < -0.39 is 0 Å². The molecular formula is C14H14N7OS-. The fourth-order valence-corrected chi connectivity index (χ4v) is 3.35. The van der Waals surface area contributed by atoms with E-state index in [1.165, 1.54) is 0 Å². The lowest BCUT2D eigenvalue weighted by Crippen LogP contribution is -2.36. The number of anilines is 1. The Bertz CT molecular complexity index is 842. The average Bonchev–Trinajstić information content (AvgIpc) is 2.95. The number of morpholine rings is 1. The minimum Gasteiger partial charge on any atom is -0.410 e. The van der Waals surface area contributed by atoms with Crippen molar-refractivity contribution in [3.63, 3.8) is 0 Å². The Kier molecular flexibility index (Phi) is 3.50. The molecule has 0 bridgehead atoms. The number of nitrogens with one attached hydrogen (secondary N) is 1. The third-order valence-corrected chi connectivity index (χ3v) is 4.52. The molecule has 8 nitrogen and oxygen atoms in total. The summed E-state index contributed by atoms with van der Waals surface area (Å²) < 4.78 is 6.42. The maximum Gasteiger partial charge on any atom is 0.176 e. The van der Waals surface area contributed by atoms with Gasteiger partial charge >= 0.3 is 0 Å². The Morgan fingerprint density at radius 1 is 1.13 bits per heavy atom. The van der Waals surface area contributed by atoms with Crippen LogP contribution in [0.4, 0.5) is 11.8 Å². The topological polar surface area (TPSA) is 101 Å². The smallest absolute Gasteiger partial charge is 0.176 e. The molecule has 0 radical (unpaired) electrons. The Labute approximate surface area is 136 Å². The van der Waals surface area contributed by atoms with Crippen LogP contribution in [0.15, 0.2) is 12.4 Å². The Hall–Kier alpha value is -2.39. The molecule has 4 rings (SSSR count). The second-order valence-electron chi connectivity index (χ2n) is 5.15. The molecule has 118 valence electrons. The lowest BCUT2D eigenvalue weighted by Gasteiger charge is -2.28. The first-order valence-corrected chi connectivity index (χ1v) is 8.04. The summed E-state index contributed by atoms with van der Waals surface area (Å²) in [6.45, 7) is 4.94. The van der Waals surface area contributed by atoms with Gasteiger partial charge in [-0.3, -0.25) is 0 Å². The molecule has 0 amide bonds. The second kappa shape index (κ2) is 5.67. The molecular weight excluding hydrogens is 314 g/mol. The molecule has 0 spiro atoms. The van der Waals surface area contributed by atoms with Gasteiger partial charge < -0.3 is 25.3 Å². The van der Waals surface area contributed by atoms with E-state index in [0.29, 0.717) is 30.2 Å². The molecule has 1 N–H and O–H groups in total. The quantitative estimate of drug-likeness (QED) is 0.711. The van der Waals surface area contributed by atoms with Gasteiger partial charge in [0.15, 0.2) is 17.3 Å². The maximum atomic E-state index is 7.40. The number of hydrogen-bond donors (Lipinski definition) is 0. The number of hydrogen-bond acceptors (Lipinski definition) is 8. The highest BCUT2D eigenvalue weighted by molar-refractivity contribution is 7.19. The van der Waals surface area contributed by atoms with Crippen molar-refractivity contribution >= 4 is 33.5 Å². The van der Waals surface area contributed by atoms with Gasteiger partial charge in [-0.15, -0.1) is 11.3 Å². The van der Waals surface area contributed by atoms with Gasteiger partial charge in [0.2, 0.25) is 0 Å². The van der Waals surface area contributed by atoms with Gasteiger partial charge in [0, 0.05) is 24.6 Å². The molecule has 1 fully saturated rings. The summed E-state index contributed by atoms with van der Waals surface area (Å²) in [6.07, 6.45) is 3.14. The Morgan fingerprint density at radius 3 is 2.61 bits per heavy atom. The predicted molar refractivity (Wildman–Crippen MR) is 88.0 cm³/mol. The molecule has 3 aromatic heterocycles. The molecule has 1 aliphatic heterocycles. The largest absolute Gasteiger partial charge is 0.410 e. The molecule has 1 saturated heterocycles. The number of nitrogens with zero attached hydrogens (tertiary/aromatic N) is 6. The summed E-state index contributed by atoms with van der Waals surface area (Å²) in [4.78, 5) is 23.8. The van der Waals surface area contributed by atoms with Crippen molar-refractivity contribution < 1.29 is 4.74 Å². The number of aromatic nitrogens is 5.